The van der Waals surface area contributed by atoms with Crippen molar-refractivity contribution in [2.75, 3.05) is 7.05 Å². The monoisotopic (exact) mass is 219 g/mol. The van der Waals surface area contributed by atoms with Crippen LogP contribution in [-0.2, 0) is 13.1 Å². The van der Waals surface area contributed by atoms with Gasteiger partial charge in [-0.1, -0.05) is 18.2 Å². The molecule has 1 N–H and O–H groups in total. The molecule has 1 aromatic carbocycles. The van der Waals surface area contributed by atoms with Gasteiger partial charge in [-0.25, -0.2) is 4.39 Å². The quantitative estimate of drug-likeness (QED) is 0.849. The topological polar surface area (TPSA) is 29.9 Å². The number of hydrogen-bond donors (Lipinski definition) is 1. The highest BCUT2D eigenvalue weighted by atomic mass is 19.1. The molecule has 2 aromatic rings. The van der Waals surface area contributed by atoms with Crippen LogP contribution in [0.15, 0.2) is 36.5 Å². The lowest BCUT2D eigenvalue weighted by Gasteiger charge is -2.03. The SMILES string of the molecule is CNCc1ccn(Cc2ccccc2F)n1. The number of rotatable bonds is 4. The Hall–Kier alpha value is -1.68. The molecule has 0 atom stereocenters. The van der Waals surface area contributed by atoms with Gasteiger partial charge in [-0.3, -0.25) is 4.68 Å². The van der Waals surface area contributed by atoms with E-state index in [2.05, 4.69) is 10.4 Å². The van der Waals surface area contributed by atoms with E-state index in [-0.39, 0.29) is 5.82 Å². The molecule has 1 aromatic heterocycles. The molecule has 1 heterocycles. The lowest BCUT2D eigenvalue weighted by Crippen LogP contribution is -2.07. The van der Waals surface area contributed by atoms with Gasteiger partial charge in [0.1, 0.15) is 5.82 Å². The first kappa shape index (κ1) is 10.8. The summed E-state index contributed by atoms with van der Waals surface area (Å²) in [5.74, 6) is -0.187. The average molecular weight is 219 g/mol. The van der Waals surface area contributed by atoms with Crippen molar-refractivity contribution < 1.29 is 4.39 Å². The summed E-state index contributed by atoms with van der Waals surface area (Å²) in [7, 11) is 1.87. The van der Waals surface area contributed by atoms with Crippen LogP contribution < -0.4 is 5.32 Å². The molecule has 84 valence electrons. The largest absolute Gasteiger partial charge is 0.314 e. The number of benzene rings is 1. The number of hydrogen-bond acceptors (Lipinski definition) is 2. The molecule has 0 radical (unpaired) electrons. The highest BCUT2D eigenvalue weighted by Gasteiger charge is 2.03. The van der Waals surface area contributed by atoms with Crippen molar-refractivity contribution in [3.63, 3.8) is 0 Å². The molecule has 3 nitrogen and oxygen atoms in total. The Morgan fingerprint density at radius 2 is 2.12 bits per heavy atom. The second-order valence-corrected chi connectivity index (χ2v) is 3.63. The second kappa shape index (κ2) is 4.90. The van der Waals surface area contributed by atoms with Gasteiger partial charge in [0.15, 0.2) is 0 Å². The zero-order valence-corrected chi connectivity index (χ0v) is 9.15. The van der Waals surface area contributed by atoms with Crippen LogP contribution in [0.5, 0.6) is 0 Å². The van der Waals surface area contributed by atoms with Gasteiger partial charge < -0.3 is 5.32 Å². The van der Waals surface area contributed by atoms with Crippen molar-refractivity contribution in [2.24, 2.45) is 0 Å². The van der Waals surface area contributed by atoms with Crippen molar-refractivity contribution in [3.8, 4) is 0 Å². The van der Waals surface area contributed by atoms with Crippen molar-refractivity contribution >= 4 is 0 Å². The summed E-state index contributed by atoms with van der Waals surface area (Å²) in [6.45, 7) is 1.20. The first-order valence-electron chi connectivity index (χ1n) is 5.20. The molecule has 0 unspecified atom stereocenters. The van der Waals surface area contributed by atoms with Crippen LogP contribution in [0.25, 0.3) is 0 Å². The first-order chi connectivity index (χ1) is 7.79. The molecule has 0 fully saturated rings. The van der Waals surface area contributed by atoms with Crippen molar-refractivity contribution in [2.45, 2.75) is 13.1 Å². The van der Waals surface area contributed by atoms with Crippen molar-refractivity contribution in [3.05, 3.63) is 53.6 Å². The predicted octanol–water partition coefficient (Wildman–Crippen LogP) is 1.79. The predicted molar refractivity (Wildman–Crippen MR) is 60.5 cm³/mol. The Labute approximate surface area is 93.9 Å². The van der Waals surface area contributed by atoms with E-state index in [4.69, 9.17) is 0 Å². The van der Waals surface area contributed by atoms with E-state index in [9.17, 15) is 4.39 Å². The van der Waals surface area contributed by atoms with Crippen LogP contribution in [0.4, 0.5) is 4.39 Å². The van der Waals surface area contributed by atoms with Crippen molar-refractivity contribution in [1.82, 2.24) is 15.1 Å². The van der Waals surface area contributed by atoms with Gasteiger partial charge in [0.05, 0.1) is 12.2 Å². The van der Waals surface area contributed by atoms with Gasteiger partial charge in [0.25, 0.3) is 0 Å². The number of nitrogens with one attached hydrogen (secondary N) is 1. The lowest BCUT2D eigenvalue weighted by molar-refractivity contribution is 0.581. The molecular formula is C12H14FN3. The van der Waals surface area contributed by atoms with E-state index < -0.39 is 0 Å². The fourth-order valence-corrected chi connectivity index (χ4v) is 1.57. The molecule has 0 aliphatic carbocycles. The molecule has 4 heteroatoms. The third-order valence-corrected chi connectivity index (χ3v) is 2.34. The summed E-state index contributed by atoms with van der Waals surface area (Å²) in [6.07, 6.45) is 1.86. The third kappa shape index (κ3) is 2.46. The molecule has 16 heavy (non-hydrogen) atoms. The van der Waals surface area contributed by atoms with Crippen LogP contribution >= 0.6 is 0 Å². The molecular weight excluding hydrogens is 205 g/mol. The van der Waals surface area contributed by atoms with Gasteiger partial charge in [-0.15, -0.1) is 0 Å². The van der Waals surface area contributed by atoms with E-state index in [0.29, 0.717) is 12.1 Å². The fraction of sp³-hybridized carbons (Fsp3) is 0.250. The summed E-state index contributed by atoms with van der Waals surface area (Å²) >= 11 is 0. The summed E-state index contributed by atoms with van der Waals surface area (Å²) in [5.41, 5.74) is 1.61. The number of aromatic nitrogens is 2. The maximum absolute atomic E-state index is 13.4. The summed E-state index contributed by atoms with van der Waals surface area (Å²) in [5, 5.41) is 7.35. The number of halogens is 1. The highest BCUT2D eigenvalue weighted by molar-refractivity contribution is 5.17. The second-order valence-electron chi connectivity index (χ2n) is 3.63. The lowest BCUT2D eigenvalue weighted by atomic mass is 10.2. The van der Waals surface area contributed by atoms with Gasteiger partial charge in [0.2, 0.25) is 0 Å². The minimum atomic E-state index is -0.187. The standard InChI is InChI=1S/C12H14FN3/c1-14-8-11-6-7-16(15-11)9-10-4-2-3-5-12(10)13/h2-7,14H,8-9H2,1H3. The van der Waals surface area contributed by atoms with Crippen LogP contribution in [0.3, 0.4) is 0 Å². The minimum absolute atomic E-state index is 0.187. The molecule has 0 aliphatic rings. The number of nitrogens with zero attached hydrogens (tertiary/aromatic N) is 2. The van der Waals surface area contributed by atoms with Crippen LogP contribution in [-0.4, -0.2) is 16.8 Å². The Balaban J connectivity index is 2.11. The summed E-state index contributed by atoms with van der Waals surface area (Å²) < 4.78 is 15.1. The molecule has 0 saturated carbocycles. The first-order valence-corrected chi connectivity index (χ1v) is 5.20. The van der Waals surface area contributed by atoms with E-state index in [1.54, 1.807) is 16.8 Å². The fourth-order valence-electron chi connectivity index (χ4n) is 1.57. The van der Waals surface area contributed by atoms with E-state index in [0.717, 1.165) is 12.2 Å². The van der Waals surface area contributed by atoms with Crippen molar-refractivity contribution in [1.29, 1.82) is 0 Å². The van der Waals surface area contributed by atoms with Gasteiger partial charge in [-0.05, 0) is 19.2 Å². The maximum Gasteiger partial charge on any atom is 0.128 e. The minimum Gasteiger partial charge on any atom is -0.314 e. The van der Waals surface area contributed by atoms with E-state index in [1.807, 2.05) is 25.4 Å². The van der Waals surface area contributed by atoms with E-state index in [1.165, 1.54) is 6.07 Å². The zero-order valence-electron chi connectivity index (χ0n) is 9.15. The Kier molecular flexibility index (Phi) is 3.31. The molecule has 0 bridgehead atoms. The van der Waals surface area contributed by atoms with Crippen LogP contribution in [0.1, 0.15) is 11.3 Å². The molecule has 0 amide bonds. The van der Waals surface area contributed by atoms with Gasteiger partial charge in [-0.2, -0.15) is 5.10 Å². The van der Waals surface area contributed by atoms with E-state index >= 15 is 0 Å². The zero-order chi connectivity index (χ0) is 11.4. The third-order valence-electron chi connectivity index (χ3n) is 2.34. The Bertz CT molecular complexity index is 465. The molecule has 2 rings (SSSR count). The van der Waals surface area contributed by atoms with Gasteiger partial charge >= 0.3 is 0 Å². The normalized spacial score (nSPS) is 10.6. The summed E-state index contributed by atoms with van der Waals surface area (Å²) in [4.78, 5) is 0. The molecule has 0 saturated heterocycles. The Morgan fingerprint density at radius 3 is 2.88 bits per heavy atom. The Morgan fingerprint density at radius 1 is 1.31 bits per heavy atom. The molecule has 0 spiro atoms. The molecule has 0 aliphatic heterocycles. The van der Waals surface area contributed by atoms with Gasteiger partial charge in [0, 0.05) is 18.3 Å². The summed E-state index contributed by atoms with van der Waals surface area (Å²) in [6, 6.07) is 8.68. The van der Waals surface area contributed by atoms with Crippen LogP contribution in [0, 0.1) is 5.82 Å². The maximum atomic E-state index is 13.4. The highest BCUT2D eigenvalue weighted by Crippen LogP contribution is 2.08. The average Bonchev–Trinajstić information content (AvgIpc) is 2.70. The smallest absolute Gasteiger partial charge is 0.128 e. The van der Waals surface area contributed by atoms with Crippen LogP contribution in [0.2, 0.25) is 0 Å².